The zero-order valence-corrected chi connectivity index (χ0v) is 19.2. The minimum absolute atomic E-state index is 0.136. The van der Waals surface area contributed by atoms with Crippen molar-refractivity contribution in [3.05, 3.63) is 59.8 Å². The van der Waals surface area contributed by atoms with Gasteiger partial charge in [-0.2, -0.15) is 0 Å². The van der Waals surface area contributed by atoms with Crippen molar-refractivity contribution < 1.29 is 13.9 Å². The zero-order valence-electron chi connectivity index (χ0n) is 18.3. The minimum Gasteiger partial charge on any atom is -0.494 e. The van der Waals surface area contributed by atoms with Crippen LogP contribution in [0.1, 0.15) is 50.8 Å². The molecular weight excluding hydrogens is 412 g/mol. The summed E-state index contributed by atoms with van der Waals surface area (Å²) >= 11 is 1.62. The van der Waals surface area contributed by atoms with Crippen LogP contribution in [0.15, 0.2) is 52.2 Å². The van der Waals surface area contributed by atoms with Gasteiger partial charge in [-0.15, -0.1) is 10.2 Å². The van der Waals surface area contributed by atoms with E-state index in [9.17, 15) is 4.79 Å². The van der Waals surface area contributed by atoms with Gasteiger partial charge in [-0.25, -0.2) is 0 Å². The molecule has 8 heteroatoms. The monoisotopic (exact) mass is 442 g/mol. The normalized spacial score (nSPS) is 11.6. The van der Waals surface area contributed by atoms with Crippen molar-refractivity contribution in [1.29, 1.82) is 0 Å². The Morgan fingerprint density at radius 3 is 2.61 bits per heavy atom. The predicted molar refractivity (Wildman–Crippen MR) is 121 cm³/mol. The number of aromatic nitrogens is 3. The summed E-state index contributed by atoms with van der Waals surface area (Å²) in [5.41, 5.74) is 6.72. The first-order valence-corrected chi connectivity index (χ1v) is 11.4. The van der Waals surface area contributed by atoms with Gasteiger partial charge in [-0.1, -0.05) is 44.7 Å². The van der Waals surface area contributed by atoms with Gasteiger partial charge in [0, 0.05) is 18.6 Å². The molecule has 0 atom stereocenters. The molecule has 0 aliphatic carbocycles. The molecule has 2 heterocycles. The minimum atomic E-state index is -0.352. The Balaban J connectivity index is 1.52. The highest BCUT2D eigenvalue weighted by molar-refractivity contribution is 7.99. The topological polar surface area (TPSA) is 96.2 Å². The molecule has 2 N–H and O–H groups in total. The van der Waals surface area contributed by atoms with Gasteiger partial charge in [0.05, 0.1) is 19.4 Å². The number of hydrogen-bond acceptors (Lipinski definition) is 6. The highest BCUT2D eigenvalue weighted by Crippen LogP contribution is 2.25. The van der Waals surface area contributed by atoms with E-state index in [0.29, 0.717) is 19.6 Å². The number of nitrogens with two attached hydrogens (primary N) is 1. The van der Waals surface area contributed by atoms with Crippen LogP contribution in [0.5, 0.6) is 5.75 Å². The van der Waals surface area contributed by atoms with Crippen LogP contribution in [-0.2, 0) is 23.2 Å². The maximum absolute atomic E-state index is 11.2. The lowest BCUT2D eigenvalue weighted by molar-refractivity contribution is -0.118. The number of aryl methyl sites for hydroxylation is 1. The summed E-state index contributed by atoms with van der Waals surface area (Å²) in [6, 6.07) is 12.0. The third kappa shape index (κ3) is 6.89. The van der Waals surface area contributed by atoms with Gasteiger partial charge in [0.25, 0.3) is 0 Å². The van der Waals surface area contributed by atoms with Crippen molar-refractivity contribution in [3.8, 4) is 5.75 Å². The number of carbonyl (C=O) groups excluding carboxylic acids is 1. The Morgan fingerprint density at radius 2 is 1.97 bits per heavy atom. The lowest BCUT2D eigenvalue weighted by Crippen LogP contribution is -2.14. The number of carbonyl (C=O) groups is 1. The molecule has 0 saturated carbocycles. The molecule has 1 aromatic carbocycles. The number of primary amides is 1. The summed E-state index contributed by atoms with van der Waals surface area (Å²) in [5, 5.41) is 9.36. The molecule has 7 nitrogen and oxygen atoms in total. The molecule has 3 aromatic rings. The Hall–Kier alpha value is -2.74. The van der Waals surface area contributed by atoms with E-state index in [1.807, 2.05) is 28.8 Å². The number of hydrogen-bond donors (Lipinski definition) is 1. The van der Waals surface area contributed by atoms with E-state index in [1.54, 1.807) is 18.0 Å². The predicted octanol–water partition coefficient (Wildman–Crippen LogP) is 4.20. The number of furan rings is 1. The van der Waals surface area contributed by atoms with Crippen molar-refractivity contribution >= 4 is 17.7 Å². The summed E-state index contributed by atoms with van der Waals surface area (Å²) in [6.07, 6.45) is 3.21. The molecule has 166 valence electrons. The fourth-order valence-electron chi connectivity index (χ4n) is 3.03. The summed E-state index contributed by atoms with van der Waals surface area (Å²) < 4.78 is 13.3. The average Bonchev–Trinajstić information content (AvgIpc) is 3.36. The van der Waals surface area contributed by atoms with Crippen molar-refractivity contribution in [1.82, 2.24) is 14.8 Å². The number of nitrogens with zero attached hydrogens (tertiary/aromatic N) is 3. The lowest BCUT2D eigenvalue weighted by Gasteiger charge is -2.19. The van der Waals surface area contributed by atoms with Gasteiger partial charge in [-0.3, -0.25) is 9.36 Å². The zero-order chi connectivity index (χ0) is 22.3. The van der Waals surface area contributed by atoms with Crippen LogP contribution in [-0.4, -0.2) is 33.0 Å². The highest BCUT2D eigenvalue weighted by Gasteiger charge is 2.15. The highest BCUT2D eigenvalue weighted by atomic mass is 32.2. The number of thioether (sulfide) groups is 1. The molecule has 0 saturated heterocycles. The molecule has 0 aliphatic heterocycles. The van der Waals surface area contributed by atoms with Gasteiger partial charge in [-0.05, 0) is 41.7 Å². The molecule has 0 bridgehead atoms. The largest absolute Gasteiger partial charge is 0.494 e. The third-order valence-electron chi connectivity index (χ3n) is 4.79. The van der Waals surface area contributed by atoms with E-state index in [-0.39, 0.29) is 17.7 Å². The molecule has 1 amide bonds. The SMILES string of the molecule is CC(C)(C)c1ccc(OCCCSc2nnc(CCC(N)=O)n2Cc2ccco2)cc1. The first kappa shape index (κ1) is 22.9. The van der Waals surface area contributed by atoms with Crippen molar-refractivity contribution in [2.24, 2.45) is 5.73 Å². The van der Waals surface area contributed by atoms with Crippen LogP contribution in [0.25, 0.3) is 0 Å². The van der Waals surface area contributed by atoms with Crippen LogP contribution in [0.4, 0.5) is 0 Å². The Labute approximate surface area is 187 Å². The molecule has 2 aromatic heterocycles. The number of ether oxygens (including phenoxy) is 1. The number of benzene rings is 1. The summed E-state index contributed by atoms with van der Waals surface area (Å²) in [7, 11) is 0. The van der Waals surface area contributed by atoms with Crippen molar-refractivity contribution in [2.75, 3.05) is 12.4 Å². The second-order valence-corrected chi connectivity index (χ2v) is 9.42. The first-order chi connectivity index (χ1) is 14.8. The van der Waals surface area contributed by atoms with E-state index in [2.05, 4.69) is 43.1 Å². The molecule has 0 unspecified atom stereocenters. The van der Waals surface area contributed by atoms with Crippen LogP contribution >= 0.6 is 11.8 Å². The van der Waals surface area contributed by atoms with Gasteiger partial charge < -0.3 is 14.9 Å². The smallest absolute Gasteiger partial charge is 0.217 e. The summed E-state index contributed by atoms with van der Waals surface area (Å²) in [6.45, 7) is 7.74. The molecular formula is C23H30N4O3S. The maximum Gasteiger partial charge on any atom is 0.217 e. The van der Waals surface area contributed by atoms with E-state index in [4.69, 9.17) is 14.9 Å². The second kappa shape index (κ2) is 10.5. The molecule has 0 radical (unpaired) electrons. The van der Waals surface area contributed by atoms with E-state index in [0.717, 1.165) is 34.7 Å². The third-order valence-corrected chi connectivity index (χ3v) is 5.84. The van der Waals surface area contributed by atoms with Crippen LogP contribution in [0.3, 0.4) is 0 Å². The van der Waals surface area contributed by atoms with Gasteiger partial charge in [0.15, 0.2) is 5.16 Å². The quantitative estimate of drug-likeness (QED) is 0.353. The molecule has 3 rings (SSSR count). The molecule has 0 fully saturated rings. The number of amides is 1. The van der Waals surface area contributed by atoms with Crippen LogP contribution in [0, 0.1) is 0 Å². The fraction of sp³-hybridized carbons (Fsp3) is 0.435. The fourth-order valence-corrected chi connectivity index (χ4v) is 3.90. The Morgan fingerprint density at radius 1 is 1.19 bits per heavy atom. The van der Waals surface area contributed by atoms with E-state index < -0.39 is 0 Å². The second-order valence-electron chi connectivity index (χ2n) is 8.36. The Kier molecular flexibility index (Phi) is 7.79. The van der Waals surface area contributed by atoms with Crippen molar-refractivity contribution in [3.63, 3.8) is 0 Å². The van der Waals surface area contributed by atoms with E-state index >= 15 is 0 Å². The lowest BCUT2D eigenvalue weighted by atomic mass is 9.87. The van der Waals surface area contributed by atoms with Crippen LogP contribution < -0.4 is 10.5 Å². The molecule has 0 aliphatic rings. The summed E-state index contributed by atoms with van der Waals surface area (Å²) in [4.78, 5) is 11.2. The first-order valence-electron chi connectivity index (χ1n) is 10.4. The Bertz CT molecular complexity index is 960. The standard InChI is InChI=1S/C23H30N4O3S/c1-23(2,3)17-7-9-18(10-8-17)29-14-5-15-31-22-26-25-21(12-11-20(24)28)27(22)16-19-6-4-13-30-19/h4,6-10,13H,5,11-12,14-16H2,1-3H3,(H2,24,28). The van der Waals surface area contributed by atoms with Crippen LogP contribution in [0.2, 0.25) is 0 Å². The maximum atomic E-state index is 11.2. The van der Waals surface area contributed by atoms with Gasteiger partial charge in [0.1, 0.15) is 17.3 Å². The van der Waals surface area contributed by atoms with E-state index in [1.165, 1.54) is 5.56 Å². The molecule has 0 spiro atoms. The molecule has 31 heavy (non-hydrogen) atoms. The number of rotatable bonds is 11. The van der Waals surface area contributed by atoms with Gasteiger partial charge in [0.2, 0.25) is 5.91 Å². The van der Waals surface area contributed by atoms with Gasteiger partial charge >= 0.3 is 0 Å². The van der Waals surface area contributed by atoms with Crippen molar-refractivity contribution in [2.45, 2.75) is 57.1 Å². The summed E-state index contributed by atoms with van der Waals surface area (Å²) in [5.74, 6) is 2.91. The average molecular weight is 443 g/mol.